The Bertz CT molecular complexity index is 130. The first-order valence-corrected chi connectivity index (χ1v) is 4.66. The molecule has 0 aliphatic rings. The maximum absolute atomic E-state index is 10.7. The SMILES string of the molecule is CC(=O)C(C)OCCCC(C)C. The highest BCUT2D eigenvalue weighted by Crippen LogP contribution is 2.04. The average Bonchev–Trinajstić information content (AvgIpc) is 1.97. The Labute approximate surface area is 75.3 Å². The van der Waals surface area contributed by atoms with Crippen LogP contribution in [0.2, 0.25) is 0 Å². The Balaban J connectivity index is 3.25. The van der Waals surface area contributed by atoms with Crippen LogP contribution in [0.15, 0.2) is 0 Å². The van der Waals surface area contributed by atoms with Crippen molar-refractivity contribution < 1.29 is 9.53 Å². The van der Waals surface area contributed by atoms with Crippen molar-refractivity contribution in [2.24, 2.45) is 5.92 Å². The van der Waals surface area contributed by atoms with Gasteiger partial charge < -0.3 is 4.74 Å². The van der Waals surface area contributed by atoms with E-state index in [0.717, 1.165) is 12.3 Å². The summed E-state index contributed by atoms with van der Waals surface area (Å²) in [4.78, 5) is 10.7. The average molecular weight is 172 g/mol. The number of Topliss-reactive ketones (excluding diaryl/α,β-unsaturated/α-hetero) is 1. The van der Waals surface area contributed by atoms with E-state index < -0.39 is 0 Å². The van der Waals surface area contributed by atoms with Crippen molar-refractivity contribution in [1.29, 1.82) is 0 Å². The molecule has 0 amide bonds. The maximum atomic E-state index is 10.7. The highest BCUT2D eigenvalue weighted by molar-refractivity contribution is 5.79. The topological polar surface area (TPSA) is 26.3 Å². The Morgan fingerprint density at radius 2 is 1.92 bits per heavy atom. The third-order valence-electron chi connectivity index (χ3n) is 1.87. The number of hydrogen-bond donors (Lipinski definition) is 0. The zero-order valence-electron chi connectivity index (χ0n) is 8.59. The highest BCUT2D eigenvalue weighted by atomic mass is 16.5. The molecule has 0 aromatic carbocycles. The fourth-order valence-corrected chi connectivity index (χ4v) is 0.869. The van der Waals surface area contributed by atoms with E-state index in [1.807, 2.05) is 0 Å². The predicted molar refractivity (Wildman–Crippen MR) is 50.2 cm³/mol. The standard InChI is InChI=1S/C10H20O2/c1-8(2)6-5-7-12-10(4)9(3)11/h8,10H,5-7H2,1-4H3. The van der Waals surface area contributed by atoms with Crippen LogP contribution in [0.3, 0.4) is 0 Å². The number of hydrogen-bond acceptors (Lipinski definition) is 2. The van der Waals surface area contributed by atoms with Gasteiger partial charge in [-0.25, -0.2) is 0 Å². The Hall–Kier alpha value is -0.370. The Morgan fingerprint density at radius 1 is 1.33 bits per heavy atom. The van der Waals surface area contributed by atoms with E-state index in [1.54, 1.807) is 13.8 Å². The second-order valence-corrected chi connectivity index (χ2v) is 3.66. The molecule has 0 spiro atoms. The summed E-state index contributed by atoms with van der Waals surface area (Å²) < 4.78 is 5.30. The lowest BCUT2D eigenvalue weighted by Gasteiger charge is -2.09. The van der Waals surface area contributed by atoms with E-state index in [-0.39, 0.29) is 11.9 Å². The lowest BCUT2D eigenvalue weighted by atomic mass is 10.1. The van der Waals surface area contributed by atoms with Crippen LogP contribution >= 0.6 is 0 Å². The summed E-state index contributed by atoms with van der Waals surface area (Å²) in [5, 5.41) is 0. The van der Waals surface area contributed by atoms with Crippen LogP contribution in [0, 0.1) is 5.92 Å². The van der Waals surface area contributed by atoms with Crippen LogP contribution in [0.1, 0.15) is 40.5 Å². The summed E-state index contributed by atoms with van der Waals surface area (Å²) in [5.74, 6) is 0.834. The van der Waals surface area contributed by atoms with Gasteiger partial charge in [-0.3, -0.25) is 4.79 Å². The maximum Gasteiger partial charge on any atom is 0.158 e. The lowest BCUT2D eigenvalue weighted by Crippen LogP contribution is -2.18. The summed E-state index contributed by atoms with van der Waals surface area (Å²) in [6.45, 7) is 8.45. The third kappa shape index (κ3) is 6.35. The molecule has 2 nitrogen and oxygen atoms in total. The van der Waals surface area contributed by atoms with Gasteiger partial charge in [0.05, 0.1) is 0 Å². The van der Waals surface area contributed by atoms with Crippen LogP contribution in [-0.4, -0.2) is 18.5 Å². The molecule has 0 aliphatic carbocycles. The molecule has 0 heterocycles. The summed E-state index contributed by atoms with van der Waals surface area (Å²) >= 11 is 0. The van der Waals surface area contributed by atoms with E-state index in [0.29, 0.717) is 6.61 Å². The van der Waals surface area contributed by atoms with Crippen LogP contribution in [0.4, 0.5) is 0 Å². The molecule has 0 aromatic rings. The molecule has 0 saturated carbocycles. The van der Waals surface area contributed by atoms with Crippen LogP contribution in [0.25, 0.3) is 0 Å². The van der Waals surface area contributed by atoms with Crippen LogP contribution < -0.4 is 0 Å². The molecule has 0 radical (unpaired) electrons. The number of rotatable bonds is 6. The predicted octanol–water partition coefficient (Wildman–Crippen LogP) is 2.42. The first-order chi connectivity index (χ1) is 5.54. The second-order valence-electron chi connectivity index (χ2n) is 3.66. The molecule has 1 unspecified atom stereocenters. The first-order valence-electron chi connectivity index (χ1n) is 4.66. The van der Waals surface area contributed by atoms with Gasteiger partial charge in [-0.2, -0.15) is 0 Å². The molecule has 0 aliphatic heterocycles. The summed E-state index contributed by atoms with van der Waals surface area (Å²) in [7, 11) is 0. The van der Waals surface area contributed by atoms with Gasteiger partial charge in [0.15, 0.2) is 5.78 Å². The van der Waals surface area contributed by atoms with Gasteiger partial charge in [-0.05, 0) is 32.6 Å². The molecule has 0 saturated heterocycles. The fourth-order valence-electron chi connectivity index (χ4n) is 0.869. The molecule has 0 bridgehead atoms. The van der Waals surface area contributed by atoms with E-state index in [2.05, 4.69) is 13.8 Å². The van der Waals surface area contributed by atoms with Crippen molar-refractivity contribution in [3.05, 3.63) is 0 Å². The quantitative estimate of drug-likeness (QED) is 0.575. The summed E-state index contributed by atoms with van der Waals surface area (Å²) in [5.41, 5.74) is 0. The summed E-state index contributed by atoms with van der Waals surface area (Å²) in [6.07, 6.45) is 2.00. The van der Waals surface area contributed by atoms with Crippen molar-refractivity contribution in [2.45, 2.75) is 46.6 Å². The summed E-state index contributed by atoms with van der Waals surface area (Å²) in [6, 6.07) is 0. The minimum absolute atomic E-state index is 0.111. The first kappa shape index (κ1) is 11.6. The highest BCUT2D eigenvalue weighted by Gasteiger charge is 2.06. The smallest absolute Gasteiger partial charge is 0.158 e. The molecule has 0 rings (SSSR count). The molecule has 2 heteroatoms. The molecule has 72 valence electrons. The van der Waals surface area contributed by atoms with Gasteiger partial charge in [0.25, 0.3) is 0 Å². The molecule has 12 heavy (non-hydrogen) atoms. The largest absolute Gasteiger partial charge is 0.371 e. The van der Waals surface area contributed by atoms with E-state index >= 15 is 0 Å². The van der Waals surface area contributed by atoms with Gasteiger partial charge in [-0.1, -0.05) is 13.8 Å². The third-order valence-corrected chi connectivity index (χ3v) is 1.87. The Kier molecular flexibility index (Phi) is 5.99. The molecule has 0 N–H and O–H groups in total. The number of carbonyl (C=O) groups excluding carboxylic acids is 1. The molecular formula is C10H20O2. The van der Waals surface area contributed by atoms with Crippen LogP contribution in [-0.2, 0) is 9.53 Å². The zero-order chi connectivity index (χ0) is 9.56. The van der Waals surface area contributed by atoms with Crippen LogP contribution in [0.5, 0.6) is 0 Å². The van der Waals surface area contributed by atoms with Gasteiger partial charge in [0, 0.05) is 6.61 Å². The van der Waals surface area contributed by atoms with E-state index in [1.165, 1.54) is 6.42 Å². The normalized spacial score (nSPS) is 13.4. The van der Waals surface area contributed by atoms with E-state index in [9.17, 15) is 4.79 Å². The lowest BCUT2D eigenvalue weighted by molar-refractivity contribution is -0.127. The van der Waals surface area contributed by atoms with Gasteiger partial charge >= 0.3 is 0 Å². The van der Waals surface area contributed by atoms with Gasteiger partial charge in [0.1, 0.15) is 6.10 Å². The fraction of sp³-hybridized carbons (Fsp3) is 0.900. The zero-order valence-corrected chi connectivity index (χ0v) is 8.59. The Morgan fingerprint density at radius 3 is 2.33 bits per heavy atom. The molecule has 0 fully saturated rings. The van der Waals surface area contributed by atoms with Crippen molar-refractivity contribution in [3.63, 3.8) is 0 Å². The number of ether oxygens (including phenoxy) is 1. The van der Waals surface area contributed by atoms with E-state index in [4.69, 9.17) is 4.74 Å². The molecule has 1 atom stereocenters. The second kappa shape index (κ2) is 6.18. The molecule has 0 aromatic heterocycles. The van der Waals surface area contributed by atoms with Gasteiger partial charge in [0.2, 0.25) is 0 Å². The minimum Gasteiger partial charge on any atom is -0.371 e. The number of carbonyl (C=O) groups is 1. The monoisotopic (exact) mass is 172 g/mol. The number of ketones is 1. The van der Waals surface area contributed by atoms with Crippen molar-refractivity contribution in [3.8, 4) is 0 Å². The van der Waals surface area contributed by atoms with Crippen molar-refractivity contribution in [2.75, 3.05) is 6.61 Å². The van der Waals surface area contributed by atoms with Crippen molar-refractivity contribution >= 4 is 5.78 Å². The van der Waals surface area contributed by atoms with Crippen molar-refractivity contribution in [1.82, 2.24) is 0 Å². The minimum atomic E-state index is -0.225. The molecular weight excluding hydrogens is 152 g/mol. The van der Waals surface area contributed by atoms with Gasteiger partial charge in [-0.15, -0.1) is 0 Å².